The van der Waals surface area contributed by atoms with Gasteiger partial charge < -0.3 is 5.32 Å². The average molecular weight is 318 g/mol. The van der Waals surface area contributed by atoms with E-state index in [4.69, 9.17) is 0 Å². The van der Waals surface area contributed by atoms with E-state index >= 15 is 0 Å². The van der Waals surface area contributed by atoms with Gasteiger partial charge in [0, 0.05) is 6.08 Å². The highest BCUT2D eigenvalue weighted by molar-refractivity contribution is 5.91. The Morgan fingerprint density at radius 3 is 2.54 bits per heavy atom. The topological polar surface area (TPSA) is 59.8 Å². The summed E-state index contributed by atoms with van der Waals surface area (Å²) in [6.45, 7) is 1.96. The van der Waals surface area contributed by atoms with Crippen molar-refractivity contribution in [2.75, 3.05) is 0 Å². The summed E-state index contributed by atoms with van der Waals surface area (Å²) < 4.78 is 1.69. The molecular formula is C19H18N4O. The molecule has 0 fully saturated rings. The van der Waals surface area contributed by atoms with Gasteiger partial charge in [0.1, 0.15) is 12.7 Å². The predicted octanol–water partition coefficient (Wildman–Crippen LogP) is 3.16. The van der Waals surface area contributed by atoms with E-state index in [1.807, 2.05) is 61.5 Å². The summed E-state index contributed by atoms with van der Waals surface area (Å²) in [6, 6.07) is 17.5. The molecule has 3 aromatic rings. The molecule has 0 aliphatic rings. The average Bonchev–Trinajstić information content (AvgIpc) is 3.16. The summed E-state index contributed by atoms with van der Waals surface area (Å²) >= 11 is 0. The Balaban J connectivity index is 1.61. The summed E-state index contributed by atoms with van der Waals surface area (Å²) in [7, 11) is 0. The summed E-state index contributed by atoms with van der Waals surface area (Å²) in [4.78, 5) is 16.0. The fourth-order valence-corrected chi connectivity index (χ4v) is 2.34. The molecular weight excluding hydrogens is 300 g/mol. The van der Waals surface area contributed by atoms with E-state index in [9.17, 15) is 4.79 Å². The number of carbonyl (C=O) groups is 1. The smallest absolute Gasteiger partial charge is 0.244 e. The molecule has 5 nitrogen and oxygen atoms in total. The molecule has 1 amide bonds. The van der Waals surface area contributed by atoms with Gasteiger partial charge in [0.15, 0.2) is 0 Å². The van der Waals surface area contributed by atoms with Gasteiger partial charge >= 0.3 is 0 Å². The molecule has 0 spiro atoms. The van der Waals surface area contributed by atoms with Crippen molar-refractivity contribution in [3.63, 3.8) is 0 Å². The van der Waals surface area contributed by atoms with Crippen molar-refractivity contribution in [2.24, 2.45) is 0 Å². The molecule has 0 aliphatic heterocycles. The highest BCUT2D eigenvalue weighted by Crippen LogP contribution is 2.15. The van der Waals surface area contributed by atoms with Crippen LogP contribution in [0.4, 0.5) is 0 Å². The monoisotopic (exact) mass is 318 g/mol. The number of aromatic nitrogens is 3. The lowest BCUT2D eigenvalue weighted by Gasteiger charge is -2.13. The Bertz CT molecular complexity index is 808. The van der Waals surface area contributed by atoms with E-state index in [2.05, 4.69) is 15.4 Å². The maximum absolute atomic E-state index is 12.0. The quantitative estimate of drug-likeness (QED) is 0.735. The second-order valence-corrected chi connectivity index (χ2v) is 5.41. The molecule has 2 aromatic carbocycles. The van der Waals surface area contributed by atoms with E-state index in [0.717, 1.165) is 16.8 Å². The standard InChI is InChI=1S/C19H18N4O/c1-15(22-19(24)12-7-16-5-3-2-4-6-16)17-8-10-18(11-9-17)23-14-20-13-21-23/h2-15H,1H3,(H,22,24)/b12-7+/t15-/m1/s1. The molecule has 24 heavy (non-hydrogen) atoms. The number of rotatable bonds is 5. The zero-order valence-electron chi connectivity index (χ0n) is 13.3. The minimum absolute atomic E-state index is 0.0808. The minimum atomic E-state index is -0.119. The number of nitrogens with one attached hydrogen (secondary N) is 1. The zero-order chi connectivity index (χ0) is 16.8. The van der Waals surface area contributed by atoms with Gasteiger partial charge in [-0.3, -0.25) is 4.79 Å². The van der Waals surface area contributed by atoms with Gasteiger partial charge in [-0.05, 0) is 36.3 Å². The normalized spacial score (nSPS) is 12.2. The first-order valence-electron chi connectivity index (χ1n) is 7.71. The van der Waals surface area contributed by atoms with Crippen LogP contribution in [0.25, 0.3) is 11.8 Å². The number of benzene rings is 2. The van der Waals surface area contributed by atoms with Crippen LogP contribution in [0.3, 0.4) is 0 Å². The highest BCUT2D eigenvalue weighted by Gasteiger charge is 2.08. The van der Waals surface area contributed by atoms with Crippen LogP contribution in [-0.4, -0.2) is 20.7 Å². The van der Waals surface area contributed by atoms with Crippen molar-refractivity contribution in [1.82, 2.24) is 20.1 Å². The van der Waals surface area contributed by atoms with E-state index in [1.54, 1.807) is 23.2 Å². The molecule has 5 heteroatoms. The van der Waals surface area contributed by atoms with Gasteiger partial charge in [-0.15, -0.1) is 0 Å². The number of hydrogen-bond donors (Lipinski definition) is 1. The van der Waals surface area contributed by atoms with E-state index in [-0.39, 0.29) is 11.9 Å². The van der Waals surface area contributed by atoms with Crippen molar-refractivity contribution in [2.45, 2.75) is 13.0 Å². The molecule has 0 radical (unpaired) electrons. The lowest BCUT2D eigenvalue weighted by atomic mass is 10.1. The Labute approximate surface area is 140 Å². The lowest BCUT2D eigenvalue weighted by molar-refractivity contribution is -0.117. The van der Waals surface area contributed by atoms with Gasteiger partial charge in [-0.2, -0.15) is 5.10 Å². The third kappa shape index (κ3) is 3.95. The van der Waals surface area contributed by atoms with Crippen LogP contribution in [0.5, 0.6) is 0 Å². The molecule has 3 rings (SSSR count). The number of amides is 1. The Morgan fingerprint density at radius 1 is 1.12 bits per heavy atom. The Hall–Kier alpha value is -3.21. The van der Waals surface area contributed by atoms with Gasteiger partial charge in [0.2, 0.25) is 5.91 Å². The van der Waals surface area contributed by atoms with Crippen LogP contribution in [-0.2, 0) is 4.79 Å². The van der Waals surface area contributed by atoms with Crippen molar-refractivity contribution in [3.05, 3.63) is 84.5 Å². The van der Waals surface area contributed by atoms with Crippen molar-refractivity contribution >= 4 is 12.0 Å². The number of carbonyl (C=O) groups excluding carboxylic acids is 1. The SMILES string of the molecule is C[C@@H](NC(=O)/C=C/c1ccccc1)c1ccc(-n2cncn2)cc1. The second kappa shape index (κ2) is 7.37. The summed E-state index contributed by atoms with van der Waals surface area (Å²) in [6.07, 6.45) is 6.50. The molecule has 1 N–H and O–H groups in total. The van der Waals surface area contributed by atoms with E-state index < -0.39 is 0 Å². The van der Waals surface area contributed by atoms with E-state index in [0.29, 0.717) is 0 Å². The van der Waals surface area contributed by atoms with Gasteiger partial charge in [-0.25, -0.2) is 9.67 Å². The molecule has 0 saturated carbocycles. The minimum Gasteiger partial charge on any atom is -0.346 e. The molecule has 0 aliphatic carbocycles. The van der Waals surface area contributed by atoms with Crippen LogP contribution in [0.2, 0.25) is 0 Å². The third-order valence-corrected chi connectivity index (χ3v) is 3.66. The molecule has 120 valence electrons. The van der Waals surface area contributed by atoms with Crippen LogP contribution in [0.15, 0.2) is 73.3 Å². The predicted molar refractivity (Wildman–Crippen MR) is 93.4 cm³/mol. The third-order valence-electron chi connectivity index (χ3n) is 3.66. The number of hydrogen-bond acceptors (Lipinski definition) is 3. The zero-order valence-corrected chi connectivity index (χ0v) is 13.3. The van der Waals surface area contributed by atoms with Gasteiger partial charge in [0.05, 0.1) is 11.7 Å². The van der Waals surface area contributed by atoms with E-state index in [1.165, 1.54) is 6.33 Å². The molecule has 0 unspecified atom stereocenters. The van der Waals surface area contributed by atoms with Crippen LogP contribution < -0.4 is 5.32 Å². The Morgan fingerprint density at radius 2 is 1.88 bits per heavy atom. The molecule has 1 atom stereocenters. The summed E-state index contributed by atoms with van der Waals surface area (Å²) in [5, 5.41) is 7.05. The number of nitrogens with zero attached hydrogens (tertiary/aromatic N) is 3. The van der Waals surface area contributed by atoms with Gasteiger partial charge in [-0.1, -0.05) is 42.5 Å². The van der Waals surface area contributed by atoms with Crippen LogP contribution >= 0.6 is 0 Å². The maximum atomic E-state index is 12.0. The molecule has 1 heterocycles. The summed E-state index contributed by atoms with van der Waals surface area (Å²) in [5.74, 6) is -0.119. The molecule has 1 aromatic heterocycles. The largest absolute Gasteiger partial charge is 0.346 e. The van der Waals surface area contributed by atoms with Crippen LogP contribution in [0.1, 0.15) is 24.1 Å². The van der Waals surface area contributed by atoms with Crippen molar-refractivity contribution < 1.29 is 4.79 Å². The molecule has 0 saturated heterocycles. The van der Waals surface area contributed by atoms with Gasteiger partial charge in [0.25, 0.3) is 0 Å². The first kappa shape index (κ1) is 15.7. The molecule has 0 bridgehead atoms. The second-order valence-electron chi connectivity index (χ2n) is 5.41. The summed E-state index contributed by atoms with van der Waals surface area (Å²) in [5.41, 5.74) is 2.96. The fourth-order valence-electron chi connectivity index (χ4n) is 2.34. The first-order chi connectivity index (χ1) is 11.7. The maximum Gasteiger partial charge on any atom is 0.244 e. The Kier molecular flexibility index (Phi) is 4.81. The van der Waals surface area contributed by atoms with Crippen molar-refractivity contribution in [3.8, 4) is 5.69 Å². The highest BCUT2D eigenvalue weighted by atomic mass is 16.1. The fraction of sp³-hybridized carbons (Fsp3) is 0.105. The lowest BCUT2D eigenvalue weighted by Crippen LogP contribution is -2.24. The van der Waals surface area contributed by atoms with Crippen LogP contribution in [0, 0.1) is 0 Å². The van der Waals surface area contributed by atoms with Crippen molar-refractivity contribution in [1.29, 1.82) is 0 Å². The first-order valence-corrected chi connectivity index (χ1v) is 7.71.